The lowest BCUT2D eigenvalue weighted by Crippen LogP contribution is -2.30. The first kappa shape index (κ1) is 11.6. The molecule has 1 aromatic rings. The number of carbonyl (C=O) groups excluding carboxylic acids is 2. The van der Waals surface area contributed by atoms with Gasteiger partial charge >= 0.3 is 0 Å². The molecule has 1 aliphatic rings. The Balaban J connectivity index is 2.51. The maximum absolute atomic E-state index is 11.9. The Morgan fingerprint density at radius 2 is 1.88 bits per heavy atom. The Bertz CT molecular complexity index is 508. The Morgan fingerprint density at radius 1 is 1.24 bits per heavy atom. The molecule has 2 rings (SSSR count). The third-order valence-corrected chi connectivity index (χ3v) is 3.20. The molecule has 1 saturated heterocycles. The van der Waals surface area contributed by atoms with Crippen LogP contribution < -0.4 is 10.6 Å². The van der Waals surface area contributed by atoms with Gasteiger partial charge in [-0.05, 0) is 31.0 Å². The van der Waals surface area contributed by atoms with E-state index in [0.717, 1.165) is 11.1 Å². The summed E-state index contributed by atoms with van der Waals surface area (Å²) in [4.78, 5) is 25.0. The minimum atomic E-state index is -0.232. The Hall–Kier alpha value is -1.84. The monoisotopic (exact) mass is 232 g/mol. The molecule has 0 saturated carbocycles. The molecule has 0 spiro atoms. The highest BCUT2D eigenvalue weighted by molar-refractivity contribution is 6.21. The largest absolute Gasteiger partial charge is 0.398 e. The fourth-order valence-corrected chi connectivity index (χ4v) is 2.13. The summed E-state index contributed by atoms with van der Waals surface area (Å²) in [7, 11) is 0. The van der Waals surface area contributed by atoms with Gasteiger partial charge < -0.3 is 5.73 Å². The summed E-state index contributed by atoms with van der Waals surface area (Å²) in [6.07, 6.45) is 0.284. The topological polar surface area (TPSA) is 63.4 Å². The molecule has 0 aliphatic carbocycles. The van der Waals surface area contributed by atoms with Gasteiger partial charge in [0, 0.05) is 18.0 Å². The molecule has 4 heteroatoms. The summed E-state index contributed by atoms with van der Waals surface area (Å²) in [6.45, 7) is 5.56. The van der Waals surface area contributed by atoms with E-state index in [2.05, 4.69) is 0 Å². The average molecular weight is 232 g/mol. The fraction of sp³-hybridized carbons (Fsp3) is 0.385. The molecule has 1 aromatic carbocycles. The molecule has 0 radical (unpaired) electrons. The van der Waals surface area contributed by atoms with Gasteiger partial charge in [-0.2, -0.15) is 0 Å². The van der Waals surface area contributed by atoms with Crippen molar-refractivity contribution in [3.8, 4) is 0 Å². The van der Waals surface area contributed by atoms with Crippen LogP contribution in [0.15, 0.2) is 12.1 Å². The van der Waals surface area contributed by atoms with E-state index in [1.54, 1.807) is 13.0 Å². The molecular weight excluding hydrogens is 216 g/mol. The number of rotatable bonds is 1. The molecule has 90 valence electrons. The van der Waals surface area contributed by atoms with E-state index in [1.807, 2.05) is 19.9 Å². The SMILES string of the molecule is Cc1cc(C)c(N2C(=O)CC(C)C2=O)cc1N. The van der Waals surface area contributed by atoms with Gasteiger partial charge in [-0.15, -0.1) is 0 Å². The average Bonchev–Trinajstić information content (AvgIpc) is 2.48. The zero-order valence-corrected chi connectivity index (χ0v) is 10.3. The third-order valence-electron chi connectivity index (χ3n) is 3.20. The number of benzene rings is 1. The van der Waals surface area contributed by atoms with Gasteiger partial charge in [0.15, 0.2) is 0 Å². The second-order valence-corrected chi connectivity index (χ2v) is 4.67. The lowest BCUT2D eigenvalue weighted by atomic mass is 10.1. The van der Waals surface area contributed by atoms with Crippen molar-refractivity contribution in [1.29, 1.82) is 0 Å². The Kier molecular flexibility index (Phi) is 2.65. The van der Waals surface area contributed by atoms with Crippen LogP contribution in [0, 0.1) is 19.8 Å². The predicted molar refractivity (Wildman–Crippen MR) is 66.6 cm³/mol. The Labute approximate surface area is 100 Å². The normalized spacial score (nSPS) is 20.2. The third kappa shape index (κ3) is 1.79. The van der Waals surface area contributed by atoms with E-state index in [0.29, 0.717) is 11.4 Å². The maximum atomic E-state index is 11.9. The number of nitrogen functional groups attached to an aromatic ring is 1. The molecule has 1 heterocycles. The van der Waals surface area contributed by atoms with E-state index in [-0.39, 0.29) is 24.2 Å². The molecule has 17 heavy (non-hydrogen) atoms. The van der Waals surface area contributed by atoms with Crippen LogP contribution in [0.25, 0.3) is 0 Å². The minimum absolute atomic E-state index is 0.138. The molecule has 4 nitrogen and oxygen atoms in total. The molecule has 1 fully saturated rings. The molecule has 2 N–H and O–H groups in total. The van der Waals surface area contributed by atoms with Gasteiger partial charge in [-0.1, -0.05) is 13.0 Å². The number of imide groups is 1. The summed E-state index contributed by atoms with van der Waals surface area (Å²) in [5.41, 5.74) is 8.91. The van der Waals surface area contributed by atoms with Gasteiger partial charge in [0.25, 0.3) is 0 Å². The lowest BCUT2D eigenvalue weighted by molar-refractivity contribution is -0.122. The zero-order valence-electron chi connectivity index (χ0n) is 10.3. The molecule has 1 aliphatic heterocycles. The van der Waals surface area contributed by atoms with Crippen LogP contribution in [-0.4, -0.2) is 11.8 Å². The van der Waals surface area contributed by atoms with Crippen molar-refractivity contribution in [3.63, 3.8) is 0 Å². The highest BCUT2D eigenvalue weighted by Gasteiger charge is 2.37. The van der Waals surface area contributed by atoms with Crippen molar-refractivity contribution >= 4 is 23.2 Å². The summed E-state index contributed by atoms with van der Waals surface area (Å²) < 4.78 is 0. The zero-order chi connectivity index (χ0) is 12.7. The first-order chi connectivity index (χ1) is 7.91. The van der Waals surface area contributed by atoms with Crippen LogP contribution in [0.2, 0.25) is 0 Å². The van der Waals surface area contributed by atoms with Gasteiger partial charge in [0.1, 0.15) is 0 Å². The van der Waals surface area contributed by atoms with Gasteiger partial charge in [-0.3, -0.25) is 9.59 Å². The first-order valence-electron chi connectivity index (χ1n) is 5.65. The van der Waals surface area contributed by atoms with Crippen LogP contribution in [0.3, 0.4) is 0 Å². The summed E-state index contributed by atoms with van der Waals surface area (Å²) in [5, 5.41) is 0. The van der Waals surface area contributed by atoms with Crippen LogP contribution in [0.4, 0.5) is 11.4 Å². The predicted octanol–water partition coefficient (Wildman–Crippen LogP) is 1.79. The Morgan fingerprint density at radius 3 is 2.41 bits per heavy atom. The number of amides is 2. The van der Waals surface area contributed by atoms with Crippen molar-refractivity contribution in [2.24, 2.45) is 5.92 Å². The van der Waals surface area contributed by atoms with Crippen molar-refractivity contribution < 1.29 is 9.59 Å². The number of nitrogens with zero attached hydrogens (tertiary/aromatic N) is 1. The fourth-order valence-electron chi connectivity index (χ4n) is 2.13. The van der Waals surface area contributed by atoms with E-state index >= 15 is 0 Å². The van der Waals surface area contributed by atoms with Crippen molar-refractivity contribution in [1.82, 2.24) is 0 Å². The number of nitrogens with two attached hydrogens (primary N) is 1. The van der Waals surface area contributed by atoms with Gasteiger partial charge in [-0.25, -0.2) is 4.90 Å². The first-order valence-corrected chi connectivity index (χ1v) is 5.65. The summed E-state index contributed by atoms with van der Waals surface area (Å²) in [5.74, 6) is -0.514. The summed E-state index contributed by atoms with van der Waals surface area (Å²) >= 11 is 0. The second kappa shape index (κ2) is 3.87. The highest BCUT2D eigenvalue weighted by Crippen LogP contribution is 2.31. The summed E-state index contributed by atoms with van der Waals surface area (Å²) in [6, 6.07) is 3.60. The number of carbonyl (C=O) groups is 2. The number of aryl methyl sites for hydroxylation is 2. The van der Waals surface area contributed by atoms with Gasteiger partial charge in [0.2, 0.25) is 11.8 Å². The van der Waals surface area contributed by atoms with Crippen LogP contribution in [0.1, 0.15) is 24.5 Å². The molecule has 0 aromatic heterocycles. The van der Waals surface area contributed by atoms with E-state index in [9.17, 15) is 9.59 Å². The lowest BCUT2D eigenvalue weighted by Gasteiger charge is -2.18. The molecule has 1 unspecified atom stereocenters. The standard InChI is InChI=1S/C13H16N2O2/c1-7-4-8(2)11(6-10(7)14)15-12(16)5-9(3)13(15)17/h4,6,9H,5,14H2,1-3H3. The van der Waals surface area contributed by atoms with Crippen LogP contribution in [-0.2, 0) is 9.59 Å². The maximum Gasteiger partial charge on any atom is 0.237 e. The minimum Gasteiger partial charge on any atom is -0.398 e. The molecule has 1 atom stereocenters. The number of anilines is 2. The van der Waals surface area contributed by atoms with Crippen LogP contribution >= 0.6 is 0 Å². The van der Waals surface area contributed by atoms with Crippen LogP contribution in [0.5, 0.6) is 0 Å². The molecular formula is C13H16N2O2. The van der Waals surface area contributed by atoms with Crippen molar-refractivity contribution in [2.45, 2.75) is 27.2 Å². The smallest absolute Gasteiger partial charge is 0.237 e. The molecule has 2 amide bonds. The van der Waals surface area contributed by atoms with Gasteiger partial charge in [0.05, 0.1) is 5.69 Å². The van der Waals surface area contributed by atoms with E-state index < -0.39 is 0 Å². The van der Waals surface area contributed by atoms with Crippen molar-refractivity contribution in [3.05, 3.63) is 23.3 Å². The van der Waals surface area contributed by atoms with E-state index in [1.165, 1.54) is 4.90 Å². The van der Waals surface area contributed by atoms with Crippen molar-refractivity contribution in [2.75, 3.05) is 10.6 Å². The number of hydrogen-bond acceptors (Lipinski definition) is 3. The number of hydrogen-bond donors (Lipinski definition) is 1. The highest BCUT2D eigenvalue weighted by atomic mass is 16.2. The molecule has 0 bridgehead atoms. The quantitative estimate of drug-likeness (QED) is 0.593. The van der Waals surface area contributed by atoms with E-state index in [4.69, 9.17) is 5.73 Å². The second-order valence-electron chi connectivity index (χ2n) is 4.67.